The van der Waals surface area contributed by atoms with Crippen LogP contribution in [0, 0.1) is 5.92 Å². The Labute approximate surface area is 101 Å². The minimum atomic E-state index is -1.00. The van der Waals surface area contributed by atoms with E-state index in [1.54, 1.807) is 0 Å². The molecule has 0 aromatic heterocycles. The van der Waals surface area contributed by atoms with Crippen LogP contribution in [0.2, 0.25) is 0 Å². The fourth-order valence-corrected chi connectivity index (χ4v) is 1.82. The Hall–Kier alpha value is -1.64. The first-order valence-corrected chi connectivity index (χ1v) is 5.88. The maximum atomic E-state index is 11.1. The lowest BCUT2D eigenvalue weighted by Crippen LogP contribution is -2.21. The Morgan fingerprint density at radius 1 is 1.18 bits per heavy atom. The molecule has 0 bridgehead atoms. The Kier molecular flexibility index (Phi) is 5.40. The summed E-state index contributed by atoms with van der Waals surface area (Å²) < 4.78 is 0. The van der Waals surface area contributed by atoms with Crippen LogP contribution in [-0.4, -0.2) is 16.9 Å². The summed E-state index contributed by atoms with van der Waals surface area (Å²) in [5.41, 5.74) is 1.25. The Morgan fingerprint density at radius 2 is 1.82 bits per heavy atom. The van der Waals surface area contributed by atoms with Crippen LogP contribution in [0.5, 0.6) is 0 Å². The minimum Gasteiger partial charge on any atom is -0.481 e. The summed E-state index contributed by atoms with van der Waals surface area (Å²) in [6.45, 7) is 1.34. The van der Waals surface area contributed by atoms with E-state index in [0.717, 1.165) is 19.3 Å². The quantitative estimate of drug-likeness (QED) is 0.583. The molecule has 1 unspecified atom stereocenters. The molecule has 1 rings (SSSR count). The van der Waals surface area contributed by atoms with Crippen molar-refractivity contribution in [1.29, 1.82) is 0 Å². The third kappa shape index (κ3) is 4.81. The number of aryl methyl sites for hydroxylation is 1. The van der Waals surface area contributed by atoms with Crippen molar-refractivity contribution >= 4 is 11.8 Å². The SMILES string of the molecule is CC(=O)C(CCCCc1ccccc1)C(=O)O. The number of Topliss-reactive ketones (excluding diaryl/α,β-unsaturated/α-hetero) is 1. The van der Waals surface area contributed by atoms with E-state index in [9.17, 15) is 9.59 Å². The van der Waals surface area contributed by atoms with E-state index in [-0.39, 0.29) is 5.78 Å². The molecule has 0 amide bonds. The second-order valence-corrected chi connectivity index (χ2v) is 4.23. The smallest absolute Gasteiger partial charge is 0.314 e. The second-order valence-electron chi connectivity index (χ2n) is 4.23. The number of ketones is 1. The molecule has 0 spiro atoms. The number of unbranched alkanes of at least 4 members (excludes halogenated alkanes) is 1. The van der Waals surface area contributed by atoms with Crippen LogP contribution in [0.3, 0.4) is 0 Å². The van der Waals surface area contributed by atoms with Gasteiger partial charge in [0, 0.05) is 0 Å². The zero-order valence-electron chi connectivity index (χ0n) is 10.1. The highest BCUT2D eigenvalue weighted by molar-refractivity contribution is 5.96. The van der Waals surface area contributed by atoms with Crippen LogP contribution in [0.25, 0.3) is 0 Å². The third-order valence-corrected chi connectivity index (χ3v) is 2.84. The molecule has 3 nitrogen and oxygen atoms in total. The van der Waals surface area contributed by atoms with Crippen molar-refractivity contribution in [2.45, 2.75) is 32.6 Å². The van der Waals surface area contributed by atoms with Crippen molar-refractivity contribution in [2.24, 2.45) is 5.92 Å². The largest absolute Gasteiger partial charge is 0.481 e. The van der Waals surface area contributed by atoms with Gasteiger partial charge >= 0.3 is 5.97 Å². The van der Waals surface area contributed by atoms with E-state index in [0.29, 0.717) is 6.42 Å². The molecule has 92 valence electrons. The number of carbonyl (C=O) groups excluding carboxylic acids is 1. The summed E-state index contributed by atoms with van der Waals surface area (Å²) in [6, 6.07) is 10.1. The van der Waals surface area contributed by atoms with Crippen LogP contribution < -0.4 is 0 Å². The van der Waals surface area contributed by atoms with Gasteiger partial charge in [-0.15, -0.1) is 0 Å². The van der Waals surface area contributed by atoms with Crippen LogP contribution in [0.1, 0.15) is 31.7 Å². The van der Waals surface area contributed by atoms with E-state index < -0.39 is 11.9 Å². The Bertz CT molecular complexity index is 356. The normalized spacial score (nSPS) is 12.1. The lowest BCUT2D eigenvalue weighted by molar-refractivity contribution is -0.146. The number of hydrogen-bond donors (Lipinski definition) is 1. The molecular weight excluding hydrogens is 216 g/mol. The Morgan fingerprint density at radius 3 is 2.35 bits per heavy atom. The predicted molar refractivity (Wildman–Crippen MR) is 65.8 cm³/mol. The minimum absolute atomic E-state index is 0.253. The first kappa shape index (κ1) is 13.4. The van der Waals surface area contributed by atoms with Crippen LogP contribution in [0.4, 0.5) is 0 Å². The number of hydrogen-bond acceptors (Lipinski definition) is 2. The van der Waals surface area contributed by atoms with Crippen LogP contribution >= 0.6 is 0 Å². The average Bonchev–Trinajstić information content (AvgIpc) is 2.29. The number of benzene rings is 1. The molecule has 0 aliphatic rings. The van der Waals surface area contributed by atoms with Crippen LogP contribution in [-0.2, 0) is 16.0 Å². The summed E-state index contributed by atoms with van der Waals surface area (Å²) in [4.78, 5) is 21.9. The first-order valence-electron chi connectivity index (χ1n) is 5.88. The van der Waals surface area contributed by atoms with Crippen molar-refractivity contribution in [3.63, 3.8) is 0 Å². The highest BCUT2D eigenvalue weighted by atomic mass is 16.4. The predicted octanol–water partition coefficient (Wildman–Crippen LogP) is 2.69. The van der Waals surface area contributed by atoms with Gasteiger partial charge in [-0.1, -0.05) is 36.8 Å². The highest BCUT2D eigenvalue weighted by Gasteiger charge is 2.21. The van der Waals surface area contributed by atoms with Crippen molar-refractivity contribution in [2.75, 3.05) is 0 Å². The number of carboxylic acid groups (broad SMARTS) is 1. The topological polar surface area (TPSA) is 54.4 Å². The maximum absolute atomic E-state index is 11.1. The standard InChI is InChI=1S/C14H18O3/c1-11(15)13(14(16)17)10-6-5-9-12-7-3-2-4-8-12/h2-4,7-8,13H,5-6,9-10H2,1H3,(H,16,17). The number of carboxylic acids is 1. The van der Waals surface area contributed by atoms with Crippen LogP contribution in [0.15, 0.2) is 30.3 Å². The fraction of sp³-hybridized carbons (Fsp3) is 0.429. The summed E-state index contributed by atoms with van der Waals surface area (Å²) in [5.74, 6) is -2.08. The van der Waals surface area contributed by atoms with Gasteiger partial charge in [-0.3, -0.25) is 9.59 Å². The van der Waals surface area contributed by atoms with E-state index in [4.69, 9.17) is 5.11 Å². The first-order chi connectivity index (χ1) is 8.11. The van der Waals surface area contributed by atoms with Crippen molar-refractivity contribution in [3.05, 3.63) is 35.9 Å². The summed E-state index contributed by atoms with van der Waals surface area (Å²) in [6.07, 6.45) is 3.06. The summed E-state index contributed by atoms with van der Waals surface area (Å²) in [5, 5.41) is 8.84. The molecule has 1 N–H and O–H groups in total. The highest BCUT2D eigenvalue weighted by Crippen LogP contribution is 2.12. The van der Waals surface area contributed by atoms with Crippen molar-refractivity contribution < 1.29 is 14.7 Å². The van der Waals surface area contributed by atoms with Gasteiger partial charge in [0.15, 0.2) is 0 Å². The van der Waals surface area contributed by atoms with Gasteiger partial charge in [0.25, 0.3) is 0 Å². The fourth-order valence-electron chi connectivity index (χ4n) is 1.82. The number of carbonyl (C=O) groups is 2. The van der Waals surface area contributed by atoms with E-state index >= 15 is 0 Å². The van der Waals surface area contributed by atoms with Gasteiger partial charge in [-0.2, -0.15) is 0 Å². The molecule has 1 aromatic rings. The van der Waals surface area contributed by atoms with E-state index in [2.05, 4.69) is 12.1 Å². The maximum Gasteiger partial charge on any atom is 0.314 e. The number of aliphatic carboxylic acids is 1. The van der Waals surface area contributed by atoms with Crippen molar-refractivity contribution in [3.8, 4) is 0 Å². The van der Waals surface area contributed by atoms with E-state index in [1.165, 1.54) is 12.5 Å². The average molecular weight is 234 g/mol. The van der Waals surface area contributed by atoms with Gasteiger partial charge < -0.3 is 5.11 Å². The molecular formula is C14H18O3. The molecule has 0 radical (unpaired) electrons. The Balaban J connectivity index is 2.28. The molecule has 0 saturated heterocycles. The molecule has 0 saturated carbocycles. The summed E-state index contributed by atoms with van der Waals surface area (Å²) in [7, 11) is 0. The monoisotopic (exact) mass is 234 g/mol. The van der Waals surface area contributed by atoms with Gasteiger partial charge in [-0.05, 0) is 31.7 Å². The van der Waals surface area contributed by atoms with Gasteiger partial charge in [0.1, 0.15) is 11.7 Å². The summed E-state index contributed by atoms with van der Waals surface area (Å²) >= 11 is 0. The molecule has 0 heterocycles. The zero-order chi connectivity index (χ0) is 12.7. The lowest BCUT2D eigenvalue weighted by atomic mass is 9.97. The number of rotatable bonds is 7. The van der Waals surface area contributed by atoms with Gasteiger partial charge in [0.2, 0.25) is 0 Å². The van der Waals surface area contributed by atoms with E-state index in [1.807, 2.05) is 18.2 Å². The second kappa shape index (κ2) is 6.84. The molecule has 0 fully saturated rings. The van der Waals surface area contributed by atoms with Crippen molar-refractivity contribution in [1.82, 2.24) is 0 Å². The molecule has 0 aliphatic heterocycles. The molecule has 0 aliphatic carbocycles. The third-order valence-electron chi connectivity index (χ3n) is 2.84. The zero-order valence-corrected chi connectivity index (χ0v) is 10.1. The molecule has 1 atom stereocenters. The molecule has 1 aromatic carbocycles. The lowest BCUT2D eigenvalue weighted by Gasteiger charge is -2.08. The molecule has 17 heavy (non-hydrogen) atoms. The van der Waals surface area contributed by atoms with Gasteiger partial charge in [0.05, 0.1) is 0 Å². The van der Waals surface area contributed by atoms with Gasteiger partial charge in [-0.25, -0.2) is 0 Å². The molecule has 3 heteroatoms.